The van der Waals surface area contributed by atoms with Gasteiger partial charge in [-0.25, -0.2) is 0 Å². The highest BCUT2D eigenvalue weighted by Gasteiger charge is 2.57. The number of methoxy groups -OCH3 is 1. The summed E-state index contributed by atoms with van der Waals surface area (Å²) in [6.07, 6.45) is 3.48. The first kappa shape index (κ1) is 37.0. The number of nitrogens with two attached hydrogens (primary N) is 1. The van der Waals surface area contributed by atoms with Crippen LogP contribution in [0.5, 0.6) is 5.75 Å². The second kappa shape index (κ2) is 15.1. The van der Waals surface area contributed by atoms with E-state index in [2.05, 4.69) is 86.6 Å². The van der Waals surface area contributed by atoms with Crippen LogP contribution in [-0.2, 0) is 22.7 Å². The van der Waals surface area contributed by atoms with Gasteiger partial charge in [0.25, 0.3) is 0 Å². The van der Waals surface area contributed by atoms with Crippen LogP contribution in [0.15, 0.2) is 36.4 Å². The van der Waals surface area contributed by atoms with Crippen LogP contribution in [0.1, 0.15) is 64.5 Å². The van der Waals surface area contributed by atoms with Crippen molar-refractivity contribution in [3.63, 3.8) is 0 Å². The Balaban J connectivity index is 1.25. The Labute approximate surface area is 300 Å². The Kier molecular flexibility index (Phi) is 11.2. The first-order chi connectivity index (χ1) is 23.8. The zero-order chi connectivity index (χ0) is 35.9. The smallest absolute Gasteiger partial charge is 0.240 e. The predicted molar refractivity (Wildman–Crippen MR) is 200 cm³/mol. The van der Waals surface area contributed by atoms with Gasteiger partial charge < -0.3 is 36.0 Å². The van der Waals surface area contributed by atoms with Crippen LogP contribution in [0, 0.1) is 29.1 Å². The fraction of sp³-hybridized carbons (Fsp3) is 0.675. The molecule has 2 heterocycles. The fourth-order valence-electron chi connectivity index (χ4n) is 9.69. The van der Waals surface area contributed by atoms with Crippen molar-refractivity contribution in [3.8, 4) is 16.9 Å². The first-order valence-corrected chi connectivity index (χ1v) is 18.8. The van der Waals surface area contributed by atoms with Crippen LogP contribution >= 0.6 is 0 Å². The maximum Gasteiger partial charge on any atom is 0.240 e. The summed E-state index contributed by atoms with van der Waals surface area (Å²) < 4.78 is 6.15. The molecule has 7 rings (SSSR count). The van der Waals surface area contributed by atoms with Crippen LogP contribution in [0.2, 0.25) is 0 Å². The van der Waals surface area contributed by atoms with E-state index in [0.29, 0.717) is 35.8 Å². The quantitative estimate of drug-likeness (QED) is 0.245. The zero-order valence-corrected chi connectivity index (χ0v) is 31.6. The fourth-order valence-corrected chi connectivity index (χ4v) is 9.69. The van der Waals surface area contributed by atoms with Crippen molar-refractivity contribution in [2.24, 2.45) is 34.8 Å². The minimum absolute atomic E-state index is 0.0995. The Morgan fingerprint density at radius 1 is 1.22 bits per heavy atom. The molecule has 5 N–H and O–H groups in total. The molecule has 5 aliphatic rings. The molecule has 1 amide bonds. The standard InChI is InChI=1S/C40H62N6O4/c1-24-33-18-29(40(33,3)4)19-34(24)43-39(48)37-36(25(2)47)35(20-41)50-46(37)23-27-11-9-13-32(38(27)49-8)28-15-26(16-31(17-28)44(5)6)21-42-22-30-12-10-14-45(30)7/h9,11,13,15-17,24-25,29-30,33-37,42,47H,10,12,14,18-23,41H2,1-8H3,(H,43,48)/t24-,25-,29-,30?,33+,34?,35-,36+,37-/m0/s1. The minimum atomic E-state index is -0.775. The predicted octanol–water partition coefficient (Wildman–Crippen LogP) is 4.24. The van der Waals surface area contributed by atoms with Crippen molar-refractivity contribution in [3.05, 3.63) is 47.5 Å². The summed E-state index contributed by atoms with van der Waals surface area (Å²) in [6, 6.07) is 12.8. The largest absolute Gasteiger partial charge is 0.496 e. The van der Waals surface area contributed by atoms with Crippen molar-refractivity contribution >= 4 is 11.6 Å². The Hall–Kier alpha value is -2.73. The van der Waals surface area contributed by atoms with Crippen LogP contribution in [0.3, 0.4) is 0 Å². The average molecular weight is 691 g/mol. The van der Waals surface area contributed by atoms with E-state index in [1.54, 1.807) is 19.1 Å². The van der Waals surface area contributed by atoms with E-state index in [4.69, 9.17) is 15.3 Å². The molecule has 10 heteroatoms. The number of amides is 1. The number of likely N-dealkylation sites (tertiary alicyclic amines) is 1. The summed E-state index contributed by atoms with van der Waals surface area (Å²) in [5, 5.41) is 19.9. The van der Waals surface area contributed by atoms with Gasteiger partial charge in [-0.15, -0.1) is 0 Å². The number of aliphatic hydroxyl groups excluding tert-OH is 1. The number of carbonyl (C=O) groups is 1. The van der Waals surface area contributed by atoms with Crippen molar-refractivity contribution in [1.82, 2.24) is 20.6 Å². The topological polar surface area (TPSA) is 116 Å². The molecule has 2 aliphatic heterocycles. The normalized spacial score (nSPS) is 31.3. The molecular weight excluding hydrogens is 628 g/mol. The molecular formula is C40H62N6O4. The molecule has 10 nitrogen and oxygen atoms in total. The number of hydrogen-bond donors (Lipinski definition) is 4. The number of fused-ring (bicyclic) bond motifs is 2. The molecule has 2 bridgehead atoms. The maximum absolute atomic E-state index is 14.3. The molecule has 2 aromatic rings. The van der Waals surface area contributed by atoms with Gasteiger partial charge in [0.15, 0.2) is 0 Å². The minimum Gasteiger partial charge on any atom is -0.496 e. The number of aliphatic hydroxyl groups is 1. The van der Waals surface area contributed by atoms with Gasteiger partial charge in [0.2, 0.25) is 5.91 Å². The van der Waals surface area contributed by atoms with E-state index in [-0.39, 0.29) is 18.5 Å². The number of nitrogens with one attached hydrogen (secondary N) is 2. The van der Waals surface area contributed by atoms with Crippen LogP contribution < -0.4 is 26.0 Å². The Bertz CT molecular complexity index is 1500. The van der Waals surface area contributed by atoms with Gasteiger partial charge in [0.05, 0.1) is 25.9 Å². The summed E-state index contributed by atoms with van der Waals surface area (Å²) >= 11 is 0. The molecule has 0 radical (unpaired) electrons. The Morgan fingerprint density at radius 2 is 2.00 bits per heavy atom. The van der Waals surface area contributed by atoms with Gasteiger partial charge >= 0.3 is 0 Å². The summed E-state index contributed by atoms with van der Waals surface area (Å²) in [4.78, 5) is 25.3. The third kappa shape index (κ3) is 7.17. The lowest BCUT2D eigenvalue weighted by Crippen LogP contribution is -2.62. The average Bonchev–Trinajstić information content (AvgIpc) is 3.67. The van der Waals surface area contributed by atoms with E-state index < -0.39 is 24.2 Å². The maximum atomic E-state index is 14.3. The molecule has 276 valence electrons. The number of nitrogens with zero attached hydrogens (tertiary/aromatic N) is 3. The lowest BCUT2D eigenvalue weighted by molar-refractivity contribution is -0.175. The molecule has 5 fully saturated rings. The van der Waals surface area contributed by atoms with Crippen LogP contribution in [0.4, 0.5) is 5.69 Å². The van der Waals surface area contributed by atoms with Crippen LogP contribution in [-0.4, -0.2) is 99.2 Å². The van der Waals surface area contributed by atoms with Gasteiger partial charge in [-0.1, -0.05) is 39.0 Å². The monoisotopic (exact) mass is 690 g/mol. The number of rotatable bonds is 13. The van der Waals surface area contributed by atoms with E-state index in [0.717, 1.165) is 47.6 Å². The van der Waals surface area contributed by atoms with Gasteiger partial charge in [-0.2, -0.15) is 5.06 Å². The summed E-state index contributed by atoms with van der Waals surface area (Å²) in [5.74, 6) is 1.80. The summed E-state index contributed by atoms with van der Waals surface area (Å²) in [5.41, 5.74) is 11.8. The molecule has 2 aromatic carbocycles. The highest BCUT2D eigenvalue weighted by molar-refractivity contribution is 5.83. The number of anilines is 1. The summed E-state index contributed by atoms with van der Waals surface area (Å²) in [6.45, 7) is 12.2. The van der Waals surface area contributed by atoms with E-state index in [9.17, 15) is 9.90 Å². The van der Waals surface area contributed by atoms with E-state index in [1.807, 2.05) is 12.1 Å². The molecule has 50 heavy (non-hydrogen) atoms. The third-order valence-corrected chi connectivity index (χ3v) is 12.9. The van der Waals surface area contributed by atoms with Gasteiger partial charge in [0.1, 0.15) is 11.8 Å². The highest BCUT2D eigenvalue weighted by atomic mass is 16.7. The van der Waals surface area contributed by atoms with E-state index in [1.165, 1.54) is 31.4 Å². The number of para-hydroxylation sites is 1. The number of hydrogen-bond acceptors (Lipinski definition) is 9. The molecule has 0 aromatic heterocycles. The zero-order valence-electron chi connectivity index (χ0n) is 31.6. The van der Waals surface area contributed by atoms with Crippen molar-refractivity contribution in [2.45, 2.75) is 96.8 Å². The lowest BCUT2D eigenvalue weighted by atomic mass is 9.45. The Morgan fingerprint density at radius 3 is 2.62 bits per heavy atom. The second-order valence-corrected chi connectivity index (χ2v) is 16.5. The first-order valence-electron chi connectivity index (χ1n) is 18.8. The number of likely N-dealkylation sites (N-methyl/N-ethyl adjacent to an activating group) is 1. The highest BCUT2D eigenvalue weighted by Crippen LogP contribution is 2.61. The SMILES string of the molecule is COc1c(CN2O[C@@H](CN)[C@@H]([C@H](C)O)[C@H]2C(=O)NC2C[C@@H]3C[C@H]([C@@H]2C)C3(C)C)cccc1-c1cc(CNCC2CCCN2C)cc(N(C)C)c1. The number of ether oxygens (including phenoxy) is 1. The van der Waals surface area contributed by atoms with Crippen molar-refractivity contribution in [1.29, 1.82) is 0 Å². The molecule has 3 saturated carbocycles. The molecule has 2 unspecified atom stereocenters. The van der Waals surface area contributed by atoms with Crippen molar-refractivity contribution < 1.29 is 19.5 Å². The third-order valence-electron chi connectivity index (χ3n) is 12.9. The number of benzene rings is 2. The van der Waals surface area contributed by atoms with E-state index >= 15 is 0 Å². The number of carbonyl (C=O) groups excluding carboxylic acids is 1. The molecule has 2 saturated heterocycles. The lowest BCUT2D eigenvalue weighted by Gasteiger charge is -2.62. The van der Waals surface area contributed by atoms with Gasteiger partial charge in [0, 0.05) is 68.5 Å². The molecule has 0 spiro atoms. The van der Waals surface area contributed by atoms with Gasteiger partial charge in [-0.3, -0.25) is 9.63 Å². The molecule has 9 atom stereocenters. The summed E-state index contributed by atoms with van der Waals surface area (Å²) in [7, 11) is 8.05. The second-order valence-electron chi connectivity index (χ2n) is 16.5. The number of hydroxylamine groups is 2. The van der Waals surface area contributed by atoms with Crippen LogP contribution in [0.25, 0.3) is 11.1 Å². The molecule has 3 aliphatic carbocycles. The van der Waals surface area contributed by atoms with Crippen molar-refractivity contribution in [2.75, 3.05) is 52.8 Å². The van der Waals surface area contributed by atoms with Gasteiger partial charge in [-0.05, 0) is 98.7 Å².